The van der Waals surface area contributed by atoms with Gasteiger partial charge in [-0.15, -0.1) is 0 Å². The van der Waals surface area contributed by atoms with Crippen molar-refractivity contribution in [1.29, 1.82) is 0 Å². The minimum Gasteiger partial charge on any atom is -0.386 e. The van der Waals surface area contributed by atoms with Crippen LogP contribution < -0.4 is 15.5 Å². The fourth-order valence-corrected chi connectivity index (χ4v) is 7.17. The predicted molar refractivity (Wildman–Crippen MR) is 188 cm³/mol. The predicted octanol–water partition coefficient (Wildman–Crippen LogP) is 2.54. The molecule has 2 aromatic heterocycles. The average molecular weight is 736 g/mol. The SMILES string of the molecule is CC1(C)Cc2[nH]nc(C=O)c2CC1(F)F.CNc1cnn(CC2CN(C(=O)C3CN(c4ccc5c(c4)C(=O)N(C(C)CCC(=O)NC=O)C5=O)C3)C2)c1. The molecule has 17 heteroatoms. The van der Waals surface area contributed by atoms with Gasteiger partial charge in [-0.2, -0.15) is 10.2 Å². The molecule has 1 aliphatic carbocycles. The van der Waals surface area contributed by atoms with Gasteiger partial charge in [0.25, 0.3) is 17.7 Å². The third-order valence-corrected chi connectivity index (χ3v) is 10.7. The highest BCUT2D eigenvalue weighted by Gasteiger charge is 2.51. The molecule has 1 aromatic carbocycles. The molecule has 2 saturated heterocycles. The van der Waals surface area contributed by atoms with Crippen molar-refractivity contribution in [3.05, 3.63) is 58.7 Å². The van der Waals surface area contributed by atoms with Gasteiger partial charge < -0.3 is 15.1 Å². The summed E-state index contributed by atoms with van der Waals surface area (Å²) in [6.45, 7) is 8.13. The van der Waals surface area contributed by atoms with E-state index >= 15 is 0 Å². The van der Waals surface area contributed by atoms with Crippen molar-refractivity contribution < 1.29 is 37.5 Å². The van der Waals surface area contributed by atoms with Crippen molar-refractivity contribution in [2.24, 2.45) is 17.3 Å². The summed E-state index contributed by atoms with van der Waals surface area (Å²) in [6, 6.07) is 4.68. The fraction of sp³-hybridized carbons (Fsp3) is 0.500. The molecule has 0 radical (unpaired) electrons. The van der Waals surface area contributed by atoms with Crippen LogP contribution >= 0.6 is 0 Å². The highest BCUT2D eigenvalue weighted by molar-refractivity contribution is 6.22. The first kappa shape index (κ1) is 37.3. The first-order chi connectivity index (χ1) is 25.2. The van der Waals surface area contributed by atoms with E-state index in [-0.39, 0.29) is 42.7 Å². The van der Waals surface area contributed by atoms with Gasteiger partial charge in [-0.3, -0.25) is 48.8 Å². The standard InChI is InChI=1S/C26H31N7O5.C10H12F2N2O/c1-16(3-6-23(35)28-15-34)33-25(37)21-5-4-20(7-22(21)26(33)38)30-12-18(13-30)24(36)31-9-17(10-31)11-32-14-19(27-2)8-29-32;1-9(2)4-7-6(3-10(9,11)12)8(5-15)14-13-7/h4-5,7-8,14-18,27H,3,6,9-13H2,1-2H3,(H,28,34,35);5H,3-4H2,1-2H3,(H,13,14). The number of benzene rings is 1. The van der Waals surface area contributed by atoms with Gasteiger partial charge in [-0.05, 0) is 31.5 Å². The van der Waals surface area contributed by atoms with Gasteiger partial charge in [0.1, 0.15) is 5.69 Å². The molecule has 5 heterocycles. The lowest BCUT2D eigenvalue weighted by Crippen LogP contribution is -2.60. The number of fused-ring (bicyclic) bond motifs is 2. The molecule has 15 nitrogen and oxygen atoms in total. The minimum atomic E-state index is -2.79. The number of imide groups is 2. The highest BCUT2D eigenvalue weighted by atomic mass is 19.3. The van der Waals surface area contributed by atoms with Crippen LogP contribution in [0.5, 0.6) is 0 Å². The van der Waals surface area contributed by atoms with E-state index in [1.165, 1.54) is 18.7 Å². The topological polar surface area (TPSA) is 183 Å². The summed E-state index contributed by atoms with van der Waals surface area (Å²) < 4.78 is 29.3. The highest BCUT2D eigenvalue weighted by Crippen LogP contribution is 2.46. The van der Waals surface area contributed by atoms with Crippen molar-refractivity contribution in [3.8, 4) is 0 Å². The lowest BCUT2D eigenvalue weighted by atomic mass is 9.73. The van der Waals surface area contributed by atoms with Gasteiger partial charge in [0.15, 0.2) is 6.29 Å². The number of halogens is 2. The summed E-state index contributed by atoms with van der Waals surface area (Å²) in [7, 11) is 1.85. The van der Waals surface area contributed by atoms with Crippen molar-refractivity contribution >= 4 is 47.7 Å². The maximum absolute atomic E-state index is 13.7. The number of H-pyrrole nitrogens is 1. The van der Waals surface area contributed by atoms with Crippen molar-refractivity contribution in [2.45, 2.75) is 65.0 Å². The number of carbonyl (C=O) groups excluding carboxylic acids is 6. The maximum atomic E-state index is 13.7. The Kier molecular flexibility index (Phi) is 10.2. The Labute approximate surface area is 304 Å². The van der Waals surface area contributed by atoms with Gasteiger partial charge in [0, 0.05) is 99.6 Å². The van der Waals surface area contributed by atoms with Crippen LogP contribution in [0.2, 0.25) is 0 Å². The van der Waals surface area contributed by atoms with Crippen molar-refractivity contribution in [2.75, 3.05) is 43.4 Å². The van der Waals surface area contributed by atoms with Crippen molar-refractivity contribution in [3.63, 3.8) is 0 Å². The van der Waals surface area contributed by atoms with Crippen LogP contribution in [0, 0.1) is 17.3 Å². The smallest absolute Gasteiger partial charge is 0.261 e. The average Bonchev–Trinajstić information content (AvgIpc) is 3.76. The molecule has 0 spiro atoms. The molecule has 0 bridgehead atoms. The first-order valence-corrected chi connectivity index (χ1v) is 17.5. The van der Waals surface area contributed by atoms with Gasteiger partial charge in [0.05, 0.1) is 28.9 Å². The van der Waals surface area contributed by atoms with Crippen LogP contribution in [0.15, 0.2) is 30.6 Å². The molecule has 1 unspecified atom stereocenters. The number of aromatic amines is 1. The summed E-state index contributed by atoms with van der Waals surface area (Å²) in [5.74, 6) is -3.57. The minimum absolute atomic E-state index is 0.0278. The van der Waals surface area contributed by atoms with Crippen LogP contribution in [-0.2, 0) is 33.8 Å². The number of anilines is 2. The molecule has 3 N–H and O–H groups in total. The fourth-order valence-electron chi connectivity index (χ4n) is 7.17. The van der Waals surface area contributed by atoms with Crippen molar-refractivity contribution in [1.82, 2.24) is 35.1 Å². The van der Waals surface area contributed by atoms with Crippen LogP contribution in [0.1, 0.15) is 76.1 Å². The molecule has 53 heavy (non-hydrogen) atoms. The molecule has 3 aliphatic heterocycles. The molecule has 1 atom stereocenters. The number of hydrogen-bond donors (Lipinski definition) is 3. The zero-order chi connectivity index (χ0) is 38.2. The largest absolute Gasteiger partial charge is 0.386 e. The number of nitrogens with one attached hydrogen (secondary N) is 3. The van der Waals surface area contributed by atoms with Gasteiger partial charge in [-0.1, -0.05) is 13.8 Å². The second kappa shape index (κ2) is 14.5. The van der Waals surface area contributed by atoms with Gasteiger partial charge >= 0.3 is 0 Å². The second-order valence-corrected chi connectivity index (χ2v) is 14.8. The lowest BCUT2D eigenvalue weighted by molar-refractivity contribution is -0.143. The Morgan fingerprint density at radius 2 is 1.79 bits per heavy atom. The van der Waals surface area contributed by atoms with E-state index < -0.39 is 35.6 Å². The van der Waals surface area contributed by atoms with Crippen LogP contribution in [0.25, 0.3) is 0 Å². The quantitative estimate of drug-likeness (QED) is 0.196. The summed E-state index contributed by atoms with van der Waals surface area (Å²) >= 11 is 0. The summed E-state index contributed by atoms with van der Waals surface area (Å²) in [5, 5.41) is 15.8. The number of rotatable bonds is 11. The number of aromatic nitrogens is 4. The Hall–Kier alpha value is -5.48. The molecular formula is C36H43F2N9O6. The number of amides is 5. The number of likely N-dealkylation sites (tertiary alicyclic amines) is 1. The second-order valence-electron chi connectivity index (χ2n) is 14.8. The Bertz CT molecular complexity index is 1930. The molecule has 3 aromatic rings. The van der Waals surface area contributed by atoms with Crippen LogP contribution in [-0.4, -0.2) is 111 Å². The lowest BCUT2D eigenvalue weighted by Gasteiger charge is -2.46. The van der Waals surface area contributed by atoms with Crippen LogP contribution in [0.3, 0.4) is 0 Å². The summed E-state index contributed by atoms with van der Waals surface area (Å²) in [4.78, 5) is 76.5. The molecular weight excluding hydrogens is 692 g/mol. The van der Waals surface area contributed by atoms with Gasteiger partial charge in [0.2, 0.25) is 18.2 Å². The molecule has 4 aliphatic rings. The molecule has 282 valence electrons. The van der Waals surface area contributed by atoms with E-state index in [1.807, 2.05) is 27.7 Å². The molecule has 0 saturated carbocycles. The summed E-state index contributed by atoms with van der Waals surface area (Å²) in [5.41, 5.74) is 2.48. The molecule has 5 amide bonds. The Morgan fingerprint density at radius 3 is 2.45 bits per heavy atom. The van der Waals surface area contributed by atoms with E-state index in [1.54, 1.807) is 31.3 Å². The summed E-state index contributed by atoms with van der Waals surface area (Å²) in [6.07, 6.45) is 4.66. The molecule has 7 rings (SSSR count). The van der Waals surface area contributed by atoms with E-state index in [0.29, 0.717) is 54.1 Å². The van der Waals surface area contributed by atoms with E-state index in [4.69, 9.17) is 0 Å². The van der Waals surface area contributed by atoms with Crippen LogP contribution in [0.4, 0.5) is 20.2 Å². The Balaban J connectivity index is 0.000000267. The van der Waals surface area contributed by atoms with E-state index in [9.17, 15) is 37.5 Å². The number of hydrogen-bond acceptors (Lipinski definition) is 10. The monoisotopic (exact) mass is 735 g/mol. The third kappa shape index (κ3) is 7.28. The zero-order valence-corrected chi connectivity index (χ0v) is 30.0. The van der Waals surface area contributed by atoms with Gasteiger partial charge in [-0.25, -0.2) is 8.78 Å². The maximum Gasteiger partial charge on any atom is 0.261 e. The number of aldehydes is 1. The van der Waals surface area contributed by atoms with E-state index in [2.05, 4.69) is 25.9 Å². The first-order valence-electron chi connectivity index (χ1n) is 17.5. The number of nitrogens with zero attached hydrogens (tertiary/aromatic N) is 6. The Morgan fingerprint density at radius 1 is 1.08 bits per heavy atom. The number of alkyl halides is 2. The zero-order valence-electron chi connectivity index (χ0n) is 30.0. The molecule has 2 fully saturated rings. The third-order valence-electron chi connectivity index (χ3n) is 10.7. The van der Waals surface area contributed by atoms with E-state index in [0.717, 1.165) is 31.0 Å². The normalized spacial score (nSPS) is 19.2. The number of carbonyl (C=O) groups is 6.